The summed E-state index contributed by atoms with van der Waals surface area (Å²) >= 11 is 0. The monoisotopic (exact) mass is 229 g/mol. The van der Waals surface area contributed by atoms with E-state index < -0.39 is 12.8 Å². The summed E-state index contributed by atoms with van der Waals surface area (Å²) in [6, 6.07) is 0. The van der Waals surface area contributed by atoms with Crippen molar-refractivity contribution in [2.45, 2.75) is 6.08 Å². The zero-order chi connectivity index (χ0) is 7.71. The average Bonchev–Trinajstić information content (AvgIpc) is 1.64. The van der Waals surface area contributed by atoms with Crippen LogP contribution in [0.1, 0.15) is 0 Å². The van der Waals surface area contributed by atoms with Crippen LogP contribution in [0.2, 0.25) is 0 Å². The first-order chi connectivity index (χ1) is 3.81. The first-order valence-electron chi connectivity index (χ1n) is 1.80. The van der Waals surface area contributed by atoms with E-state index in [0.717, 1.165) is 0 Å². The molecule has 1 nitrogen and oxygen atoms in total. The van der Waals surface area contributed by atoms with Crippen LogP contribution in [-0.4, -0.2) is 12.8 Å². The van der Waals surface area contributed by atoms with Crippen molar-refractivity contribution < 1.29 is 80.0 Å². The van der Waals surface area contributed by atoms with Gasteiger partial charge in [-0.05, 0) is 0 Å². The Hall–Kier alpha value is 1.01. The maximum Gasteiger partial charge on any atom is 1.00 e. The van der Waals surface area contributed by atoms with Crippen molar-refractivity contribution in [1.82, 2.24) is 0 Å². The molecule has 0 heterocycles. The van der Waals surface area contributed by atoms with E-state index in [1.807, 2.05) is 0 Å². The van der Waals surface area contributed by atoms with Crippen LogP contribution in [-0.2, 0) is 0 Å². The van der Waals surface area contributed by atoms with Crippen molar-refractivity contribution in [2.24, 2.45) is 0 Å². The Morgan fingerprint density at radius 3 is 1.50 bits per heavy atom. The standard InChI is InChI=1S/C2BF5N.Rb/c4-2(5,6)3(7,8)1-9;/q-1;+1. The van der Waals surface area contributed by atoms with Crippen molar-refractivity contribution in [2.75, 3.05) is 0 Å². The van der Waals surface area contributed by atoms with Gasteiger partial charge in [-0.3, -0.25) is 0 Å². The summed E-state index contributed by atoms with van der Waals surface area (Å²) in [5.41, 5.74) is 0. The van der Waals surface area contributed by atoms with Crippen LogP contribution >= 0.6 is 0 Å². The third-order valence-electron chi connectivity index (χ3n) is 0.573. The molecule has 0 spiro atoms. The van der Waals surface area contributed by atoms with Gasteiger partial charge < -0.3 is 8.63 Å². The van der Waals surface area contributed by atoms with Gasteiger partial charge in [0.25, 0.3) is 0 Å². The maximum atomic E-state index is 11.2. The fourth-order valence-electron chi connectivity index (χ4n) is 0.0732. The minimum atomic E-state index is -5.83. The van der Waals surface area contributed by atoms with E-state index in [0.29, 0.717) is 0 Å². The van der Waals surface area contributed by atoms with E-state index in [9.17, 15) is 21.8 Å². The summed E-state index contributed by atoms with van der Waals surface area (Å²) in [5, 5.41) is 7.24. The molecule has 0 aliphatic rings. The minimum Gasteiger partial charge on any atom is -0.459 e. The van der Waals surface area contributed by atoms with Crippen molar-refractivity contribution in [1.29, 1.82) is 5.26 Å². The molecule has 0 aromatic heterocycles. The topological polar surface area (TPSA) is 23.8 Å². The number of alkyl halides is 3. The molecule has 52 valence electrons. The molecule has 0 bridgehead atoms. The summed E-state index contributed by atoms with van der Waals surface area (Å²) in [4.78, 5) is 0. The second-order valence-electron chi connectivity index (χ2n) is 1.33. The molecule has 0 rings (SSSR count). The van der Waals surface area contributed by atoms with Crippen molar-refractivity contribution in [3.63, 3.8) is 0 Å². The quantitative estimate of drug-likeness (QED) is 0.368. The van der Waals surface area contributed by atoms with E-state index in [1.54, 1.807) is 0 Å². The Morgan fingerprint density at radius 1 is 1.20 bits per heavy atom. The summed E-state index contributed by atoms with van der Waals surface area (Å²) in [6.45, 7) is -5.83. The second-order valence-corrected chi connectivity index (χ2v) is 1.33. The third-order valence-corrected chi connectivity index (χ3v) is 0.573. The molecule has 8 heteroatoms. The molecule has 0 amide bonds. The van der Waals surface area contributed by atoms with Gasteiger partial charge in [-0.15, -0.1) is 0 Å². The summed E-state index contributed by atoms with van der Waals surface area (Å²) in [6.07, 6.45) is -5.69. The van der Waals surface area contributed by atoms with E-state index >= 15 is 0 Å². The molecule has 0 unspecified atom stereocenters. The Bertz CT molecular complexity index is 147. The van der Waals surface area contributed by atoms with E-state index in [2.05, 4.69) is 0 Å². The van der Waals surface area contributed by atoms with Crippen molar-refractivity contribution in [3.8, 4) is 5.97 Å². The molecular formula is C2BF5NRb. The molecule has 0 saturated heterocycles. The Labute approximate surface area is 102 Å². The van der Waals surface area contributed by atoms with E-state index in [-0.39, 0.29) is 64.2 Å². The predicted molar refractivity (Wildman–Crippen MR) is 19.6 cm³/mol. The van der Waals surface area contributed by atoms with Crippen molar-refractivity contribution in [3.05, 3.63) is 0 Å². The number of hydrogen-bond donors (Lipinski definition) is 0. The fourth-order valence-corrected chi connectivity index (χ4v) is 0.0732. The molecule has 0 aliphatic carbocycles. The number of nitriles is 1. The molecule has 10 heavy (non-hydrogen) atoms. The summed E-state index contributed by atoms with van der Waals surface area (Å²) < 4.78 is 55.1. The number of hydrogen-bond acceptors (Lipinski definition) is 1. The van der Waals surface area contributed by atoms with Gasteiger partial charge in [-0.2, -0.15) is 0 Å². The van der Waals surface area contributed by atoms with Gasteiger partial charge in [0.15, 0.2) is 0 Å². The number of halogens is 5. The van der Waals surface area contributed by atoms with Crippen LogP contribution in [0.3, 0.4) is 0 Å². The molecule has 0 atom stereocenters. The van der Waals surface area contributed by atoms with Gasteiger partial charge in [-0.1, -0.05) is 5.97 Å². The molecule has 0 fully saturated rings. The normalized spacial score (nSPS) is 11.6. The molecule has 0 aromatic carbocycles. The summed E-state index contributed by atoms with van der Waals surface area (Å²) in [7, 11) is 0. The van der Waals surface area contributed by atoms with Gasteiger partial charge in [0.05, 0.1) is 0 Å². The van der Waals surface area contributed by atoms with Crippen LogP contribution in [0.25, 0.3) is 0 Å². The Kier molecular flexibility index (Phi) is 5.63. The first-order valence-corrected chi connectivity index (χ1v) is 1.80. The van der Waals surface area contributed by atoms with Gasteiger partial charge in [0.1, 0.15) is 0 Å². The van der Waals surface area contributed by atoms with Gasteiger partial charge >= 0.3 is 71.0 Å². The van der Waals surface area contributed by atoms with Gasteiger partial charge in [0, 0.05) is 0 Å². The first kappa shape index (κ1) is 13.6. The largest absolute Gasteiger partial charge is 1.00 e. The summed E-state index contributed by atoms with van der Waals surface area (Å²) in [5.74, 6) is -0.115. The van der Waals surface area contributed by atoms with Gasteiger partial charge in [-0.25, -0.2) is 18.4 Å². The van der Waals surface area contributed by atoms with Gasteiger partial charge in [0.2, 0.25) is 0 Å². The van der Waals surface area contributed by atoms with Crippen LogP contribution in [0.4, 0.5) is 21.8 Å². The van der Waals surface area contributed by atoms with Crippen LogP contribution < -0.4 is 58.2 Å². The molecule has 0 radical (unpaired) electrons. The molecule has 0 N–H and O–H groups in total. The Balaban J connectivity index is 0. The van der Waals surface area contributed by atoms with Crippen LogP contribution in [0, 0.1) is 11.2 Å². The SMILES string of the molecule is N#C[B-](F)(F)C(F)(F)F.[Rb+]. The Morgan fingerprint density at radius 2 is 1.50 bits per heavy atom. The van der Waals surface area contributed by atoms with Crippen LogP contribution in [0.5, 0.6) is 0 Å². The maximum absolute atomic E-state index is 11.2. The zero-order valence-electron chi connectivity index (χ0n) is 4.91. The predicted octanol–water partition coefficient (Wildman–Crippen LogP) is -1.46. The van der Waals surface area contributed by atoms with Crippen LogP contribution in [0.15, 0.2) is 0 Å². The molecular weight excluding hydrogens is 229 g/mol. The zero-order valence-corrected chi connectivity index (χ0v) is 9.83. The number of rotatable bonds is 0. The third kappa shape index (κ3) is 3.42. The number of nitrogens with zero attached hydrogens (tertiary/aromatic N) is 1. The minimum absolute atomic E-state index is 0. The van der Waals surface area contributed by atoms with E-state index in [1.165, 1.54) is 0 Å². The van der Waals surface area contributed by atoms with E-state index in [4.69, 9.17) is 5.26 Å². The fraction of sp³-hybridized carbons (Fsp3) is 0.500. The smallest absolute Gasteiger partial charge is 0.459 e. The second kappa shape index (κ2) is 4.14. The molecule has 0 saturated carbocycles. The molecule has 0 aromatic rings. The van der Waals surface area contributed by atoms with Crippen molar-refractivity contribution >= 4 is 6.70 Å². The average molecular weight is 229 g/mol. The molecule has 0 aliphatic heterocycles.